The molecule has 0 amide bonds. The van der Waals surface area contributed by atoms with Gasteiger partial charge >= 0.3 is 0 Å². The number of rotatable bonds is 3. The SMILES string of the molecule is NNC(c1cc(Cl)ccc1Cl)C1CCCOC1. The zero-order valence-electron chi connectivity index (χ0n) is 9.46. The van der Waals surface area contributed by atoms with E-state index in [1.807, 2.05) is 6.07 Å². The van der Waals surface area contributed by atoms with Gasteiger partial charge in [-0.25, -0.2) is 0 Å². The highest BCUT2D eigenvalue weighted by Crippen LogP contribution is 2.33. The smallest absolute Gasteiger partial charge is 0.0525 e. The van der Waals surface area contributed by atoms with Crippen LogP contribution in [0.15, 0.2) is 18.2 Å². The van der Waals surface area contributed by atoms with Crippen LogP contribution in [0.1, 0.15) is 24.4 Å². The molecule has 3 N–H and O–H groups in total. The molecule has 1 fully saturated rings. The van der Waals surface area contributed by atoms with Gasteiger partial charge in [-0.15, -0.1) is 0 Å². The van der Waals surface area contributed by atoms with Gasteiger partial charge in [0.1, 0.15) is 0 Å². The molecule has 0 saturated carbocycles. The van der Waals surface area contributed by atoms with Gasteiger partial charge in [0.2, 0.25) is 0 Å². The Balaban J connectivity index is 2.24. The predicted molar refractivity (Wildman–Crippen MR) is 70.1 cm³/mol. The Morgan fingerprint density at radius 2 is 2.24 bits per heavy atom. The Morgan fingerprint density at radius 1 is 1.41 bits per heavy atom. The van der Waals surface area contributed by atoms with Crippen molar-refractivity contribution in [3.63, 3.8) is 0 Å². The molecule has 1 aliphatic rings. The predicted octanol–water partition coefficient (Wildman–Crippen LogP) is 2.92. The molecular formula is C12H16Cl2N2O. The van der Waals surface area contributed by atoms with Crippen molar-refractivity contribution in [2.45, 2.75) is 18.9 Å². The molecule has 3 nitrogen and oxygen atoms in total. The molecule has 2 atom stereocenters. The summed E-state index contributed by atoms with van der Waals surface area (Å²) in [5.74, 6) is 5.99. The van der Waals surface area contributed by atoms with Crippen molar-refractivity contribution in [2.75, 3.05) is 13.2 Å². The molecule has 0 spiro atoms. The van der Waals surface area contributed by atoms with Gasteiger partial charge in [-0.05, 0) is 36.6 Å². The molecule has 1 aliphatic heterocycles. The summed E-state index contributed by atoms with van der Waals surface area (Å²) in [6.07, 6.45) is 2.14. The second kappa shape index (κ2) is 6.03. The average molecular weight is 275 g/mol. The highest BCUT2D eigenvalue weighted by molar-refractivity contribution is 6.33. The minimum Gasteiger partial charge on any atom is -0.381 e. The second-order valence-electron chi connectivity index (χ2n) is 4.29. The van der Waals surface area contributed by atoms with Crippen molar-refractivity contribution in [1.82, 2.24) is 5.43 Å². The molecule has 2 rings (SSSR count). The number of hydrogen-bond donors (Lipinski definition) is 2. The van der Waals surface area contributed by atoms with Gasteiger partial charge in [-0.2, -0.15) is 0 Å². The minimum absolute atomic E-state index is 0.0125. The van der Waals surface area contributed by atoms with Gasteiger partial charge in [0, 0.05) is 22.6 Å². The fourth-order valence-corrected chi connectivity index (χ4v) is 2.68. The van der Waals surface area contributed by atoms with Gasteiger partial charge < -0.3 is 4.74 Å². The Labute approximate surface area is 111 Å². The molecule has 0 aliphatic carbocycles. The first-order chi connectivity index (χ1) is 8.22. The Kier molecular flexibility index (Phi) is 4.65. The first-order valence-corrected chi connectivity index (χ1v) is 6.47. The maximum absolute atomic E-state index is 6.19. The largest absolute Gasteiger partial charge is 0.381 e. The van der Waals surface area contributed by atoms with Crippen LogP contribution in [0.3, 0.4) is 0 Å². The van der Waals surface area contributed by atoms with Crippen molar-refractivity contribution in [3.8, 4) is 0 Å². The number of nitrogens with one attached hydrogen (secondary N) is 1. The van der Waals surface area contributed by atoms with Crippen LogP contribution in [0.2, 0.25) is 10.0 Å². The van der Waals surface area contributed by atoms with Crippen LogP contribution >= 0.6 is 23.2 Å². The molecule has 0 aromatic heterocycles. The Hall–Kier alpha value is -0.320. The summed E-state index contributed by atoms with van der Waals surface area (Å²) in [5.41, 5.74) is 3.77. The quantitative estimate of drug-likeness (QED) is 0.658. The molecule has 0 radical (unpaired) electrons. The summed E-state index contributed by atoms with van der Waals surface area (Å²) >= 11 is 12.2. The molecule has 0 bridgehead atoms. The van der Waals surface area contributed by atoms with Crippen LogP contribution < -0.4 is 11.3 Å². The van der Waals surface area contributed by atoms with Crippen LogP contribution in [0.25, 0.3) is 0 Å². The molecule has 1 heterocycles. The second-order valence-corrected chi connectivity index (χ2v) is 5.13. The lowest BCUT2D eigenvalue weighted by molar-refractivity contribution is 0.0390. The van der Waals surface area contributed by atoms with Crippen molar-refractivity contribution in [3.05, 3.63) is 33.8 Å². The number of hydrogen-bond acceptors (Lipinski definition) is 3. The van der Waals surface area contributed by atoms with Crippen molar-refractivity contribution >= 4 is 23.2 Å². The van der Waals surface area contributed by atoms with Crippen LogP contribution in [-0.2, 0) is 4.74 Å². The van der Waals surface area contributed by atoms with Gasteiger partial charge in [-0.1, -0.05) is 23.2 Å². The molecule has 2 unspecified atom stereocenters. The maximum Gasteiger partial charge on any atom is 0.0525 e. The zero-order chi connectivity index (χ0) is 12.3. The zero-order valence-corrected chi connectivity index (χ0v) is 11.0. The number of halogens is 2. The molecule has 5 heteroatoms. The molecule has 1 saturated heterocycles. The van der Waals surface area contributed by atoms with E-state index in [1.165, 1.54) is 0 Å². The Morgan fingerprint density at radius 3 is 2.88 bits per heavy atom. The Bertz CT molecular complexity index is 381. The van der Waals surface area contributed by atoms with E-state index in [4.69, 9.17) is 33.8 Å². The fraction of sp³-hybridized carbons (Fsp3) is 0.500. The highest BCUT2D eigenvalue weighted by atomic mass is 35.5. The van der Waals surface area contributed by atoms with Crippen LogP contribution in [-0.4, -0.2) is 13.2 Å². The summed E-state index contributed by atoms with van der Waals surface area (Å²) in [5, 5.41) is 1.35. The first kappa shape index (κ1) is 13.1. The molecule has 1 aromatic rings. The molecule has 1 aromatic carbocycles. The third kappa shape index (κ3) is 3.12. The average Bonchev–Trinajstić information content (AvgIpc) is 2.36. The van der Waals surface area contributed by atoms with E-state index in [1.54, 1.807) is 12.1 Å². The van der Waals surface area contributed by atoms with Crippen LogP contribution in [0.5, 0.6) is 0 Å². The van der Waals surface area contributed by atoms with Crippen LogP contribution in [0, 0.1) is 5.92 Å². The normalized spacial score (nSPS) is 22.4. The number of hydrazine groups is 1. The monoisotopic (exact) mass is 274 g/mol. The van der Waals surface area contributed by atoms with E-state index in [2.05, 4.69) is 5.43 Å². The fourth-order valence-electron chi connectivity index (χ4n) is 2.26. The third-order valence-corrected chi connectivity index (χ3v) is 3.72. The first-order valence-electron chi connectivity index (χ1n) is 5.71. The standard InChI is InChI=1S/C12H16Cl2N2O/c13-9-3-4-11(14)10(6-9)12(16-15)8-2-1-5-17-7-8/h3-4,6,8,12,16H,1-2,5,7,15H2. The van der Waals surface area contributed by atoms with Gasteiger partial charge in [0.15, 0.2) is 0 Å². The van der Waals surface area contributed by atoms with E-state index in [0.717, 1.165) is 25.0 Å². The van der Waals surface area contributed by atoms with E-state index >= 15 is 0 Å². The van der Waals surface area contributed by atoms with Crippen LogP contribution in [0.4, 0.5) is 0 Å². The lowest BCUT2D eigenvalue weighted by Crippen LogP contribution is -2.37. The van der Waals surface area contributed by atoms with E-state index < -0.39 is 0 Å². The van der Waals surface area contributed by atoms with Crippen molar-refractivity contribution < 1.29 is 4.74 Å². The summed E-state index contributed by atoms with van der Waals surface area (Å²) in [6, 6.07) is 5.43. The number of ether oxygens (including phenoxy) is 1. The molecule has 17 heavy (non-hydrogen) atoms. The van der Waals surface area contributed by atoms with Gasteiger partial charge in [-0.3, -0.25) is 11.3 Å². The third-order valence-electron chi connectivity index (χ3n) is 3.14. The summed E-state index contributed by atoms with van der Waals surface area (Å²) in [6.45, 7) is 1.54. The lowest BCUT2D eigenvalue weighted by atomic mass is 9.89. The number of benzene rings is 1. The summed E-state index contributed by atoms with van der Waals surface area (Å²) in [7, 11) is 0. The molecule has 94 valence electrons. The lowest BCUT2D eigenvalue weighted by Gasteiger charge is -2.30. The topological polar surface area (TPSA) is 47.3 Å². The summed E-state index contributed by atoms with van der Waals surface area (Å²) < 4.78 is 5.48. The highest BCUT2D eigenvalue weighted by Gasteiger charge is 2.26. The summed E-state index contributed by atoms with van der Waals surface area (Å²) in [4.78, 5) is 0. The van der Waals surface area contributed by atoms with Crippen molar-refractivity contribution in [1.29, 1.82) is 0 Å². The van der Waals surface area contributed by atoms with Crippen molar-refractivity contribution in [2.24, 2.45) is 11.8 Å². The van der Waals surface area contributed by atoms with E-state index in [9.17, 15) is 0 Å². The number of nitrogens with two attached hydrogens (primary N) is 1. The van der Waals surface area contributed by atoms with Gasteiger partial charge in [0.25, 0.3) is 0 Å². The maximum atomic E-state index is 6.19. The van der Waals surface area contributed by atoms with E-state index in [0.29, 0.717) is 22.6 Å². The molecular weight excluding hydrogens is 259 g/mol. The van der Waals surface area contributed by atoms with Gasteiger partial charge in [0.05, 0.1) is 12.6 Å². The van der Waals surface area contributed by atoms with E-state index in [-0.39, 0.29) is 6.04 Å². The minimum atomic E-state index is -0.0125.